The summed E-state index contributed by atoms with van der Waals surface area (Å²) in [4.78, 5) is 25.3. The van der Waals surface area contributed by atoms with Crippen molar-refractivity contribution in [3.8, 4) is 5.75 Å². The minimum absolute atomic E-state index is 0.0789. The summed E-state index contributed by atoms with van der Waals surface area (Å²) < 4.78 is 1.56. The standard InChI is InChI=1S/C20H19ClN2O3/c1-11(19(25)22-3)18-12(2)23(17-8-7-15(24)10-16(17)18)20(26)13-5-4-6-14(21)9-13/h4-11,24H,1-3H3,(H,22,25)/t11-/m1/s1. The third-order valence-corrected chi connectivity index (χ3v) is 4.82. The van der Waals surface area contributed by atoms with Crippen LogP contribution in [0.2, 0.25) is 5.02 Å². The van der Waals surface area contributed by atoms with Crippen molar-refractivity contribution in [3.63, 3.8) is 0 Å². The molecule has 2 aromatic carbocycles. The van der Waals surface area contributed by atoms with E-state index < -0.39 is 5.92 Å². The molecule has 26 heavy (non-hydrogen) atoms. The summed E-state index contributed by atoms with van der Waals surface area (Å²) in [5.41, 5.74) is 2.46. The number of fused-ring (bicyclic) bond motifs is 1. The van der Waals surface area contributed by atoms with E-state index in [-0.39, 0.29) is 17.6 Å². The van der Waals surface area contributed by atoms with Gasteiger partial charge in [0.1, 0.15) is 5.75 Å². The maximum Gasteiger partial charge on any atom is 0.262 e. The molecule has 1 atom stereocenters. The normalized spacial score (nSPS) is 12.2. The molecule has 5 nitrogen and oxygen atoms in total. The Kier molecular flexibility index (Phi) is 4.74. The van der Waals surface area contributed by atoms with Gasteiger partial charge in [-0.15, -0.1) is 0 Å². The van der Waals surface area contributed by atoms with Crippen LogP contribution < -0.4 is 5.32 Å². The fourth-order valence-corrected chi connectivity index (χ4v) is 3.53. The van der Waals surface area contributed by atoms with Gasteiger partial charge in [-0.3, -0.25) is 14.2 Å². The number of aromatic nitrogens is 1. The lowest BCUT2D eigenvalue weighted by Gasteiger charge is -2.12. The predicted molar refractivity (Wildman–Crippen MR) is 102 cm³/mol. The fraction of sp³-hybridized carbons (Fsp3) is 0.200. The number of amides is 1. The summed E-state index contributed by atoms with van der Waals surface area (Å²) in [6, 6.07) is 11.5. The first kappa shape index (κ1) is 18.0. The minimum Gasteiger partial charge on any atom is -0.508 e. The molecule has 1 amide bonds. The number of nitrogens with one attached hydrogen (secondary N) is 1. The molecule has 0 fully saturated rings. The van der Waals surface area contributed by atoms with Gasteiger partial charge in [0.15, 0.2) is 0 Å². The van der Waals surface area contributed by atoms with Crippen LogP contribution in [0.25, 0.3) is 10.9 Å². The van der Waals surface area contributed by atoms with Crippen molar-refractivity contribution in [3.05, 3.63) is 64.3 Å². The number of phenols is 1. The zero-order chi connectivity index (χ0) is 19.0. The summed E-state index contributed by atoms with van der Waals surface area (Å²) in [5.74, 6) is -0.797. The zero-order valence-electron chi connectivity index (χ0n) is 14.7. The van der Waals surface area contributed by atoms with Crippen molar-refractivity contribution in [2.24, 2.45) is 0 Å². The molecule has 0 saturated carbocycles. The van der Waals surface area contributed by atoms with Crippen molar-refractivity contribution in [1.29, 1.82) is 0 Å². The number of rotatable bonds is 3. The highest BCUT2D eigenvalue weighted by atomic mass is 35.5. The number of aromatic hydroxyl groups is 1. The average molecular weight is 371 g/mol. The molecule has 2 N–H and O–H groups in total. The Labute approximate surface area is 156 Å². The highest BCUT2D eigenvalue weighted by Crippen LogP contribution is 2.34. The van der Waals surface area contributed by atoms with Gasteiger partial charge in [-0.1, -0.05) is 17.7 Å². The third-order valence-electron chi connectivity index (χ3n) is 4.58. The van der Waals surface area contributed by atoms with Crippen LogP contribution in [-0.2, 0) is 4.79 Å². The lowest BCUT2D eigenvalue weighted by Crippen LogP contribution is -2.24. The van der Waals surface area contributed by atoms with Crippen LogP contribution in [-0.4, -0.2) is 28.5 Å². The number of nitrogens with zero attached hydrogens (tertiary/aromatic N) is 1. The topological polar surface area (TPSA) is 71.3 Å². The lowest BCUT2D eigenvalue weighted by molar-refractivity contribution is -0.121. The van der Waals surface area contributed by atoms with Crippen LogP contribution in [0.1, 0.15) is 34.5 Å². The van der Waals surface area contributed by atoms with Gasteiger partial charge in [-0.2, -0.15) is 0 Å². The smallest absolute Gasteiger partial charge is 0.262 e. The molecular formula is C20H19ClN2O3. The minimum atomic E-state index is -0.474. The van der Waals surface area contributed by atoms with Crippen molar-refractivity contribution >= 4 is 34.3 Å². The molecule has 0 radical (unpaired) electrons. The Morgan fingerprint density at radius 3 is 2.58 bits per heavy atom. The fourth-order valence-electron chi connectivity index (χ4n) is 3.34. The highest BCUT2D eigenvalue weighted by Gasteiger charge is 2.26. The Bertz CT molecular complexity index is 1020. The molecule has 1 aromatic heterocycles. The molecule has 6 heteroatoms. The highest BCUT2D eigenvalue weighted by molar-refractivity contribution is 6.31. The van der Waals surface area contributed by atoms with Crippen LogP contribution in [0.4, 0.5) is 0 Å². The molecule has 3 aromatic rings. The van der Waals surface area contributed by atoms with E-state index in [1.807, 2.05) is 0 Å². The summed E-state index contributed by atoms with van der Waals surface area (Å²) >= 11 is 6.02. The predicted octanol–water partition coefficient (Wildman–Crippen LogP) is 3.85. The number of likely N-dealkylation sites (N-methyl/N-ethyl adjacent to an activating group) is 1. The maximum atomic E-state index is 13.1. The number of hydrogen-bond acceptors (Lipinski definition) is 3. The first-order valence-electron chi connectivity index (χ1n) is 8.21. The number of phenolic OH excluding ortho intramolecular Hbond substituents is 1. The monoisotopic (exact) mass is 370 g/mol. The van der Waals surface area contributed by atoms with Gasteiger partial charge >= 0.3 is 0 Å². The number of hydrogen-bond donors (Lipinski definition) is 2. The molecule has 0 spiro atoms. The van der Waals surface area contributed by atoms with Crippen LogP contribution in [0.5, 0.6) is 5.75 Å². The number of carbonyl (C=O) groups excluding carboxylic acids is 2. The number of benzene rings is 2. The number of halogens is 1. The van der Waals surface area contributed by atoms with Gasteiger partial charge < -0.3 is 10.4 Å². The molecule has 3 rings (SSSR count). The van der Waals surface area contributed by atoms with Gasteiger partial charge in [0.2, 0.25) is 5.91 Å². The summed E-state index contributed by atoms with van der Waals surface area (Å²) in [5, 5.41) is 13.7. The summed E-state index contributed by atoms with van der Waals surface area (Å²) in [6.07, 6.45) is 0. The second-order valence-electron chi connectivity index (χ2n) is 6.19. The molecule has 134 valence electrons. The number of carbonyl (C=O) groups is 2. The SMILES string of the molecule is CNC(=O)[C@H](C)c1c(C)n(C(=O)c2cccc(Cl)c2)c2ccc(O)cc12. The molecule has 0 saturated heterocycles. The van der Waals surface area contributed by atoms with E-state index in [1.165, 1.54) is 6.07 Å². The van der Waals surface area contributed by atoms with Crippen LogP contribution in [0.15, 0.2) is 42.5 Å². The molecule has 0 aliphatic carbocycles. The van der Waals surface area contributed by atoms with E-state index in [0.29, 0.717) is 32.7 Å². The third kappa shape index (κ3) is 2.95. The average Bonchev–Trinajstić information content (AvgIpc) is 2.90. The zero-order valence-corrected chi connectivity index (χ0v) is 15.5. The molecule has 0 unspecified atom stereocenters. The Morgan fingerprint density at radius 2 is 1.92 bits per heavy atom. The van der Waals surface area contributed by atoms with Crippen molar-refractivity contribution in [1.82, 2.24) is 9.88 Å². The van der Waals surface area contributed by atoms with Crippen molar-refractivity contribution in [2.75, 3.05) is 7.05 Å². The first-order chi connectivity index (χ1) is 12.3. The lowest BCUT2D eigenvalue weighted by atomic mass is 9.97. The molecule has 0 bridgehead atoms. The van der Waals surface area contributed by atoms with E-state index in [1.54, 1.807) is 61.9 Å². The van der Waals surface area contributed by atoms with E-state index in [9.17, 15) is 14.7 Å². The van der Waals surface area contributed by atoms with E-state index in [4.69, 9.17) is 11.6 Å². The van der Waals surface area contributed by atoms with Gasteiger partial charge in [0, 0.05) is 28.7 Å². The second kappa shape index (κ2) is 6.84. The van der Waals surface area contributed by atoms with Gasteiger partial charge in [-0.05, 0) is 55.8 Å². The van der Waals surface area contributed by atoms with Crippen molar-refractivity contribution in [2.45, 2.75) is 19.8 Å². The first-order valence-corrected chi connectivity index (χ1v) is 8.58. The largest absolute Gasteiger partial charge is 0.508 e. The molecule has 0 aliphatic rings. The van der Waals surface area contributed by atoms with Gasteiger partial charge in [0.05, 0.1) is 11.4 Å². The quantitative estimate of drug-likeness (QED) is 0.735. The maximum absolute atomic E-state index is 13.1. The van der Waals surface area contributed by atoms with Crippen LogP contribution in [0, 0.1) is 6.92 Å². The molecular weight excluding hydrogens is 352 g/mol. The Hall–Kier alpha value is -2.79. The van der Waals surface area contributed by atoms with Crippen molar-refractivity contribution < 1.29 is 14.7 Å². The van der Waals surface area contributed by atoms with E-state index >= 15 is 0 Å². The van der Waals surface area contributed by atoms with Crippen LogP contribution >= 0.6 is 11.6 Å². The summed E-state index contributed by atoms with van der Waals surface area (Å²) in [7, 11) is 1.57. The Morgan fingerprint density at radius 1 is 1.19 bits per heavy atom. The van der Waals surface area contributed by atoms with E-state index in [2.05, 4.69) is 5.32 Å². The summed E-state index contributed by atoms with van der Waals surface area (Å²) in [6.45, 7) is 3.58. The van der Waals surface area contributed by atoms with Gasteiger partial charge in [-0.25, -0.2) is 0 Å². The van der Waals surface area contributed by atoms with E-state index in [0.717, 1.165) is 0 Å². The Balaban J connectivity index is 2.28. The van der Waals surface area contributed by atoms with Gasteiger partial charge in [0.25, 0.3) is 5.91 Å². The van der Waals surface area contributed by atoms with Crippen LogP contribution in [0.3, 0.4) is 0 Å². The second-order valence-corrected chi connectivity index (χ2v) is 6.62. The molecule has 1 heterocycles. The molecule has 0 aliphatic heterocycles.